The number of nitrogens with zero attached hydrogens (tertiary/aromatic N) is 2. The van der Waals surface area contributed by atoms with Gasteiger partial charge in [0.05, 0.1) is 11.6 Å². The lowest BCUT2D eigenvalue weighted by molar-refractivity contribution is 0.483. The minimum Gasteiger partial charge on any atom is -0.457 e. The van der Waals surface area contributed by atoms with Crippen LogP contribution in [0.5, 0.6) is 11.5 Å². The third-order valence-corrected chi connectivity index (χ3v) is 4.50. The van der Waals surface area contributed by atoms with E-state index in [9.17, 15) is 0 Å². The van der Waals surface area contributed by atoms with Crippen LogP contribution < -0.4 is 15.8 Å². The summed E-state index contributed by atoms with van der Waals surface area (Å²) in [6.45, 7) is 2.68. The van der Waals surface area contributed by atoms with Gasteiger partial charge in [0, 0.05) is 29.2 Å². The van der Waals surface area contributed by atoms with Crippen LogP contribution >= 0.6 is 35.3 Å². The van der Waals surface area contributed by atoms with Crippen LogP contribution in [0.15, 0.2) is 71.2 Å². The first-order valence-electron chi connectivity index (χ1n) is 8.00. The SMILES string of the molecule is CC(CN=C(N)Nc1cccc(Oc2ccccc2)c1)c1nccs1.I. The quantitative estimate of drug-likeness (QED) is 0.293. The van der Waals surface area contributed by atoms with Crippen molar-refractivity contribution in [2.45, 2.75) is 12.8 Å². The molecule has 2 aromatic carbocycles. The molecule has 0 spiro atoms. The number of thiazole rings is 1. The maximum atomic E-state index is 5.99. The molecule has 0 aliphatic heterocycles. The molecule has 5 nitrogen and oxygen atoms in total. The zero-order valence-corrected chi connectivity index (χ0v) is 17.5. The number of anilines is 1. The van der Waals surface area contributed by atoms with Crippen molar-refractivity contribution in [2.24, 2.45) is 10.7 Å². The van der Waals surface area contributed by atoms with E-state index in [0.29, 0.717) is 12.5 Å². The van der Waals surface area contributed by atoms with Crippen molar-refractivity contribution >= 4 is 47.0 Å². The summed E-state index contributed by atoms with van der Waals surface area (Å²) in [4.78, 5) is 8.70. The number of benzene rings is 2. The van der Waals surface area contributed by atoms with E-state index in [1.807, 2.05) is 60.0 Å². The van der Waals surface area contributed by atoms with Crippen LogP contribution in [0.2, 0.25) is 0 Å². The molecule has 0 fully saturated rings. The number of guanidine groups is 1. The van der Waals surface area contributed by atoms with Crippen molar-refractivity contribution in [3.8, 4) is 11.5 Å². The lowest BCUT2D eigenvalue weighted by Gasteiger charge is -2.10. The van der Waals surface area contributed by atoms with Gasteiger partial charge in [0.25, 0.3) is 0 Å². The Balaban J connectivity index is 0.00000243. The highest BCUT2D eigenvalue weighted by molar-refractivity contribution is 14.0. The molecule has 3 N–H and O–H groups in total. The summed E-state index contributed by atoms with van der Waals surface area (Å²) < 4.78 is 5.82. The van der Waals surface area contributed by atoms with Crippen molar-refractivity contribution < 1.29 is 4.74 Å². The highest BCUT2D eigenvalue weighted by Crippen LogP contribution is 2.23. The molecule has 1 aromatic heterocycles. The normalized spacial score (nSPS) is 12.1. The van der Waals surface area contributed by atoms with Gasteiger partial charge < -0.3 is 15.8 Å². The third kappa shape index (κ3) is 5.99. The van der Waals surface area contributed by atoms with Crippen molar-refractivity contribution in [2.75, 3.05) is 11.9 Å². The Morgan fingerprint density at radius 1 is 1.19 bits per heavy atom. The minimum atomic E-state index is 0. The van der Waals surface area contributed by atoms with E-state index in [1.165, 1.54) is 0 Å². The molecule has 0 saturated heterocycles. The molecule has 26 heavy (non-hydrogen) atoms. The monoisotopic (exact) mass is 480 g/mol. The predicted molar refractivity (Wildman–Crippen MR) is 119 cm³/mol. The molecule has 3 rings (SSSR count). The highest BCUT2D eigenvalue weighted by atomic mass is 127. The molecule has 136 valence electrons. The van der Waals surface area contributed by atoms with E-state index in [1.54, 1.807) is 17.5 Å². The van der Waals surface area contributed by atoms with E-state index in [4.69, 9.17) is 10.5 Å². The second-order valence-electron chi connectivity index (χ2n) is 5.57. The fraction of sp³-hybridized carbons (Fsp3) is 0.158. The first-order chi connectivity index (χ1) is 12.2. The van der Waals surface area contributed by atoms with Crippen LogP contribution in [0.25, 0.3) is 0 Å². The van der Waals surface area contributed by atoms with Gasteiger partial charge in [-0.1, -0.05) is 31.2 Å². The maximum absolute atomic E-state index is 5.99. The zero-order chi connectivity index (χ0) is 17.5. The number of hydrogen-bond acceptors (Lipinski definition) is 4. The first kappa shape index (κ1) is 20.2. The second kappa shape index (κ2) is 10.1. The van der Waals surface area contributed by atoms with Gasteiger partial charge in [-0.2, -0.15) is 0 Å². The summed E-state index contributed by atoms with van der Waals surface area (Å²) in [5, 5.41) is 6.13. The number of aliphatic imine (C=N–C) groups is 1. The minimum absolute atomic E-state index is 0. The molecule has 3 aromatic rings. The Labute approximate surface area is 174 Å². The molecular formula is C19H21IN4OS. The second-order valence-corrected chi connectivity index (χ2v) is 6.49. The number of aromatic nitrogens is 1. The lowest BCUT2D eigenvalue weighted by Crippen LogP contribution is -2.23. The fourth-order valence-electron chi connectivity index (χ4n) is 2.24. The van der Waals surface area contributed by atoms with Crippen LogP contribution in [-0.2, 0) is 0 Å². The Morgan fingerprint density at radius 3 is 2.69 bits per heavy atom. The summed E-state index contributed by atoms with van der Waals surface area (Å²) in [5.41, 5.74) is 6.82. The molecule has 1 unspecified atom stereocenters. The average molecular weight is 480 g/mol. The number of ether oxygens (including phenoxy) is 1. The smallest absolute Gasteiger partial charge is 0.193 e. The van der Waals surface area contributed by atoms with E-state index in [-0.39, 0.29) is 29.9 Å². The standard InChI is InChI=1S/C19H20N4OS.HI/c1-14(18-21-10-11-25-18)13-22-19(20)23-15-6-5-9-17(12-15)24-16-7-3-2-4-8-16;/h2-12,14H,13H2,1H3,(H3,20,22,23);1H. The molecule has 0 amide bonds. The van der Waals surface area contributed by atoms with Crippen molar-refractivity contribution in [1.29, 1.82) is 0 Å². The highest BCUT2D eigenvalue weighted by Gasteiger charge is 2.07. The molecule has 0 aliphatic carbocycles. The molecule has 0 bridgehead atoms. The summed E-state index contributed by atoms with van der Waals surface area (Å²) in [5.74, 6) is 2.15. The van der Waals surface area contributed by atoms with Crippen LogP contribution in [0.1, 0.15) is 17.8 Å². The van der Waals surface area contributed by atoms with E-state index < -0.39 is 0 Å². The van der Waals surface area contributed by atoms with Gasteiger partial charge in [-0.05, 0) is 24.3 Å². The number of para-hydroxylation sites is 1. The Morgan fingerprint density at radius 2 is 1.96 bits per heavy atom. The summed E-state index contributed by atoms with van der Waals surface area (Å²) in [6, 6.07) is 17.3. The van der Waals surface area contributed by atoms with Gasteiger partial charge in [-0.15, -0.1) is 35.3 Å². The molecular weight excluding hydrogens is 459 g/mol. The molecule has 7 heteroatoms. The molecule has 0 radical (unpaired) electrons. The van der Waals surface area contributed by atoms with Crippen molar-refractivity contribution in [3.05, 3.63) is 71.2 Å². The molecule has 1 heterocycles. The zero-order valence-electron chi connectivity index (χ0n) is 14.3. The molecule has 1 atom stereocenters. The molecule has 0 saturated carbocycles. The number of halogens is 1. The summed E-state index contributed by atoms with van der Waals surface area (Å²) in [6.07, 6.45) is 1.81. The number of hydrogen-bond donors (Lipinski definition) is 2. The van der Waals surface area contributed by atoms with Crippen LogP contribution in [0.3, 0.4) is 0 Å². The van der Waals surface area contributed by atoms with Crippen LogP contribution in [-0.4, -0.2) is 17.5 Å². The lowest BCUT2D eigenvalue weighted by atomic mass is 10.2. The Bertz CT molecular complexity index is 825. The van der Waals surface area contributed by atoms with E-state index in [2.05, 4.69) is 22.2 Å². The number of rotatable bonds is 6. The Hall–Kier alpha value is -2.13. The topological polar surface area (TPSA) is 72.5 Å². The summed E-state index contributed by atoms with van der Waals surface area (Å²) in [7, 11) is 0. The fourth-order valence-corrected chi connectivity index (χ4v) is 2.93. The largest absolute Gasteiger partial charge is 0.457 e. The van der Waals surface area contributed by atoms with Gasteiger partial charge in [-0.3, -0.25) is 4.99 Å². The Kier molecular flexibility index (Phi) is 7.86. The first-order valence-corrected chi connectivity index (χ1v) is 8.88. The average Bonchev–Trinajstić information content (AvgIpc) is 3.16. The van der Waals surface area contributed by atoms with Crippen LogP contribution in [0.4, 0.5) is 5.69 Å². The van der Waals surface area contributed by atoms with Gasteiger partial charge >= 0.3 is 0 Å². The number of nitrogens with one attached hydrogen (secondary N) is 1. The van der Waals surface area contributed by atoms with E-state index >= 15 is 0 Å². The van der Waals surface area contributed by atoms with Crippen molar-refractivity contribution in [3.63, 3.8) is 0 Å². The predicted octanol–water partition coefficient (Wildman–Crippen LogP) is 5.08. The van der Waals surface area contributed by atoms with E-state index in [0.717, 1.165) is 22.2 Å². The van der Waals surface area contributed by atoms with Gasteiger partial charge in [-0.25, -0.2) is 4.98 Å². The van der Waals surface area contributed by atoms with Gasteiger partial charge in [0.1, 0.15) is 11.5 Å². The van der Waals surface area contributed by atoms with Crippen molar-refractivity contribution in [1.82, 2.24) is 4.98 Å². The summed E-state index contributed by atoms with van der Waals surface area (Å²) >= 11 is 1.63. The van der Waals surface area contributed by atoms with Crippen LogP contribution in [0, 0.1) is 0 Å². The third-order valence-electron chi connectivity index (χ3n) is 3.49. The van der Waals surface area contributed by atoms with Gasteiger partial charge in [0.2, 0.25) is 0 Å². The van der Waals surface area contributed by atoms with Gasteiger partial charge in [0.15, 0.2) is 5.96 Å². The number of nitrogens with two attached hydrogens (primary N) is 1. The molecule has 0 aliphatic rings. The maximum Gasteiger partial charge on any atom is 0.193 e.